The maximum Gasteiger partial charge on any atom is 0.252 e. The molecule has 2 aromatic heterocycles. The zero-order valence-corrected chi connectivity index (χ0v) is 10.0. The van der Waals surface area contributed by atoms with Gasteiger partial charge in [-0.1, -0.05) is 0 Å². The molecular weight excluding hydrogens is 222 g/mol. The third-order valence-electron chi connectivity index (χ3n) is 2.26. The molecule has 0 spiro atoms. The highest BCUT2D eigenvalue weighted by molar-refractivity contribution is 7.10. The fourth-order valence-electron chi connectivity index (χ4n) is 1.43. The summed E-state index contributed by atoms with van der Waals surface area (Å²) in [5, 5.41) is 5.21. The normalized spacial score (nSPS) is 10.4. The minimum atomic E-state index is -0.127. The largest absolute Gasteiger partial charge is 0.365 e. The van der Waals surface area contributed by atoms with Crippen LogP contribution in [-0.2, 0) is 6.54 Å². The van der Waals surface area contributed by atoms with Crippen LogP contribution in [0.3, 0.4) is 0 Å². The Hall–Kier alpha value is -1.62. The molecule has 0 unspecified atom stereocenters. The smallest absolute Gasteiger partial charge is 0.252 e. The Balaban J connectivity index is 2.10. The highest BCUT2D eigenvalue weighted by Crippen LogP contribution is 2.16. The number of rotatable bonds is 3. The standard InChI is InChI=1S/C11H13N3OS/c1-7-3-4-16-9(7)6-12-10-5-11(15)14-8(2)13-10/h3-5H,6H2,1-2H3,(H2,12,13,14,15). The Morgan fingerprint density at radius 2 is 2.31 bits per heavy atom. The molecule has 2 heterocycles. The lowest BCUT2D eigenvalue weighted by atomic mass is 10.3. The molecule has 0 bridgehead atoms. The molecule has 0 radical (unpaired) electrons. The van der Waals surface area contributed by atoms with Crippen molar-refractivity contribution in [3.8, 4) is 0 Å². The Labute approximate surface area is 97.4 Å². The van der Waals surface area contributed by atoms with E-state index in [0.29, 0.717) is 18.2 Å². The Morgan fingerprint density at radius 1 is 1.50 bits per heavy atom. The molecule has 0 atom stereocenters. The minimum Gasteiger partial charge on any atom is -0.365 e. The second-order valence-corrected chi connectivity index (χ2v) is 4.60. The van der Waals surface area contributed by atoms with E-state index in [1.807, 2.05) is 0 Å². The van der Waals surface area contributed by atoms with Crippen LogP contribution >= 0.6 is 11.3 Å². The first kappa shape index (κ1) is 10.9. The average Bonchev–Trinajstić information content (AvgIpc) is 2.59. The van der Waals surface area contributed by atoms with Crippen LogP contribution in [0.4, 0.5) is 5.82 Å². The van der Waals surface area contributed by atoms with Crippen molar-refractivity contribution in [2.45, 2.75) is 20.4 Å². The van der Waals surface area contributed by atoms with E-state index in [1.165, 1.54) is 16.5 Å². The zero-order chi connectivity index (χ0) is 11.5. The van der Waals surface area contributed by atoms with Crippen LogP contribution in [0.1, 0.15) is 16.3 Å². The number of nitrogens with one attached hydrogen (secondary N) is 2. The molecule has 84 valence electrons. The number of hydrogen-bond acceptors (Lipinski definition) is 4. The van der Waals surface area contributed by atoms with Gasteiger partial charge in [0.15, 0.2) is 0 Å². The van der Waals surface area contributed by atoms with Crippen molar-refractivity contribution >= 4 is 17.2 Å². The van der Waals surface area contributed by atoms with Gasteiger partial charge in [0.1, 0.15) is 11.6 Å². The highest BCUT2D eigenvalue weighted by atomic mass is 32.1. The van der Waals surface area contributed by atoms with E-state index in [-0.39, 0.29) is 5.56 Å². The molecule has 2 rings (SSSR count). The van der Waals surface area contributed by atoms with Crippen LogP contribution in [0, 0.1) is 13.8 Å². The van der Waals surface area contributed by atoms with Gasteiger partial charge in [-0.2, -0.15) is 0 Å². The fraction of sp³-hybridized carbons (Fsp3) is 0.273. The Bertz CT molecular complexity index is 544. The summed E-state index contributed by atoms with van der Waals surface area (Å²) in [6.07, 6.45) is 0. The molecule has 2 N–H and O–H groups in total. The summed E-state index contributed by atoms with van der Waals surface area (Å²) in [5.41, 5.74) is 1.14. The lowest BCUT2D eigenvalue weighted by Crippen LogP contribution is -2.11. The van der Waals surface area contributed by atoms with Gasteiger partial charge in [-0.05, 0) is 30.9 Å². The van der Waals surface area contributed by atoms with E-state index in [0.717, 1.165) is 0 Å². The van der Waals surface area contributed by atoms with Gasteiger partial charge in [-0.25, -0.2) is 4.98 Å². The molecule has 2 aromatic rings. The first-order valence-corrected chi connectivity index (χ1v) is 5.88. The van der Waals surface area contributed by atoms with Crippen LogP contribution < -0.4 is 10.9 Å². The molecule has 0 saturated heterocycles. The topological polar surface area (TPSA) is 57.8 Å². The molecule has 5 heteroatoms. The molecular formula is C11H13N3OS. The van der Waals surface area contributed by atoms with E-state index in [1.54, 1.807) is 18.3 Å². The third-order valence-corrected chi connectivity index (χ3v) is 3.28. The molecule has 0 aromatic carbocycles. The first-order valence-electron chi connectivity index (χ1n) is 5.00. The van der Waals surface area contributed by atoms with Gasteiger partial charge >= 0.3 is 0 Å². The van der Waals surface area contributed by atoms with Gasteiger partial charge < -0.3 is 10.3 Å². The van der Waals surface area contributed by atoms with Gasteiger partial charge in [0.05, 0.1) is 6.54 Å². The quantitative estimate of drug-likeness (QED) is 0.856. The molecule has 0 fully saturated rings. The monoisotopic (exact) mass is 235 g/mol. The maximum absolute atomic E-state index is 11.2. The summed E-state index contributed by atoms with van der Waals surface area (Å²) in [4.78, 5) is 19.3. The summed E-state index contributed by atoms with van der Waals surface area (Å²) in [6, 6.07) is 3.55. The van der Waals surface area contributed by atoms with Crippen LogP contribution in [-0.4, -0.2) is 9.97 Å². The molecule has 0 aliphatic heterocycles. The summed E-state index contributed by atoms with van der Waals surface area (Å²) in [7, 11) is 0. The van der Waals surface area contributed by atoms with E-state index in [4.69, 9.17) is 0 Å². The lowest BCUT2D eigenvalue weighted by molar-refractivity contribution is 1.000. The van der Waals surface area contributed by atoms with Gasteiger partial charge in [-0.15, -0.1) is 11.3 Å². The number of aryl methyl sites for hydroxylation is 2. The minimum absolute atomic E-state index is 0.127. The van der Waals surface area contributed by atoms with Crippen molar-refractivity contribution in [1.29, 1.82) is 0 Å². The summed E-state index contributed by atoms with van der Waals surface area (Å²) in [5.74, 6) is 1.24. The second kappa shape index (κ2) is 4.49. The summed E-state index contributed by atoms with van der Waals surface area (Å²) >= 11 is 1.70. The molecule has 0 amide bonds. The fourth-order valence-corrected chi connectivity index (χ4v) is 2.27. The molecule has 0 aliphatic carbocycles. The first-order chi connectivity index (χ1) is 7.65. The average molecular weight is 235 g/mol. The SMILES string of the molecule is Cc1nc(NCc2sccc2C)cc(=O)[nH]1. The van der Waals surface area contributed by atoms with E-state index < -0.39 is 0 Å². The van der Waals surface area contributed by atoms with E-state index in [9.17, 15) is 4.79 Å². The van der Waals surface area contributed by atoms with Gasteiger partial charge in [0.25, 0.3) is 5.56 Å². The van der Waals surface area contributed by atoms with Gasteiger partial charge in [0, 0.05) is 10.9 Å². The van der Waals surface area contributed by atoms with E-state index >= 15 is 0 Å². The second-order valence-electron chi connectivity index (χ2n) is 3.60. The summed E-state index contributed by atoms with van der Waals surface area (Å²) < 4.78 is 0. The lowest BCUT2D eigenvalue weighted by Gasteiger charge is -2.04. The van der Waals surface area contributed by atoms with Crippen molar-refractivity contribution in [3.63, 3.8) is 0 Å². The van der Waals surface area contributed by atoms with Crippen LogP contribution in [0.25, 0.3) is 0 Å². The Morgan fingerprint density at radius 3 is 2.94 bits per heavy atom. The van der Waals surface area contributed by atoms with Crippen molar-refractivity contribution in [2.75, 3.05) is 5.32 Å². The summed E-state index contributed by atoms with van der Waals surface area (Å²) in [6.45, 7) is 4.55. The third kappa shape index (κ3) is 2.49. The van der Waals surface area contributed by atoms with Crippen molar-refractivity contribution in [2.24, 2.45) is 0 Å². The van der Waals surface area contributed by atoms with Crippen molar-refractivity contribution in [3.05, 3.63) is 44.1 Å². The van der Waals surface area contributed by atoms with Crippen LogP contribution in [0.5, 0.6) is 0 Å². The van der Waals surface area contributed by atoms with Gasteiger partial charge in [-0.3, -0.25) is 4.79 Å². The van der Waals surface area contributed by atoms with Crippen LogP contribution in [0.2, 0.25) is 0 Å². The zero-order valence-electron chi connectivity index (χ0n) is 9.20. The number of H-pyrrole nitrogens is 1. The number of hydrogen-bond donors (Lipinski definition) is 2. The molecule has 0 aliphatic rings. The van der Waals surface area contributed by atoms with Crippen molar-refractivity contribution in [1.82, 2.24) is 9.97 Å². The van der Waals surface area contributed by atoms with Crippen molar-refractivity contribution < 1.29 is 0 Å². The number of anilines is 1. The van der Waals surface area contributed by atoms with E-state index in [2.05, 4.69) is 33.7 Å². The Kier molecular flexibility index (Phi) is 3.05. The predicted octanol–water partition coefficient (Wildman–Crippen LogP) is 2.06. The molecule has 4 nitrogen and oxygen atoms in total. The number of aromatic nitrogens is 2. The maximum atomic E-state index is 11.2. The molecule has 0 saturated carbocycles. The van der Waals surface area contributed by atoms with Gasteiger partial charge in [0.2, 0.25) is 0 Å². The number of nitrogens with zero attached hydrogens (tertiary/aromatic N) is 1. The highest BCUT2D eigenvalue weighted by Gasteiger charge is 2.01. The number of thiophene rings is 1. The van der Waals surface area contributed by atoms with Crippen LogP contribution in [0.15, 0.2) is 22.3 Å². The molecule has 16 heavy (non-hydrogen) atoms. The number of aromatic amines is 1. The predicted molar refractivity (Wildman–Crippen MR) is 66.0 cm³/mol.